The molecule has 1 aliphatic rings. The molecular weight excluding hydrogens is 363 g/mol. The molecule has 0 aliphatic carbocycles. The van der Waals surface area contributed by atoms with Crippen molar-refractivity contribution >= 4 is 40.9 Å². The Labute approximate surface area is 154 Å². The molecule has 0 spiro atoms. The Kier molecular flexibility index (Phi) is 4.97. The van der Waals surface area contributed by atoms with Gasteiger partial charge in [-0.15, -0.1) is 0 Å². The van der Waals surface area contributed by atoms with Crippen LogP contribution in [0.15, 0.2) is 54.1 Å². The summed E-state index contributed by atoms with van der Waals surface area (Å²) in [5.74, 6) is -0.567. The van der Waals surface area contributed by atoms with Crippen LogP contribution in [-0.4, -0.2) is 19.1 Å². The number of carbonyl (C=O) groups is 2. The van der Waals surface area contributed by atoms with Gasteiger partial charge in [0.2, 0.25) is 0 Å². The van der Waals surface area contributed by atoms with Crippen LogP contribution in [-0.2, 0) is 9.53 Å². The zero-order valence-electron chi connectivity index (χ0n) is 13.2. The molecule has 25 heavy (non-hydrogen) atoms. The van der Waals surface area contributed by atoms with Crippen LogP contribution in [0.1, 0.15) is 17.2 Å². The van der Waals surface area contributed by atoms with Crippen LogP contribution in [0, 0.1) is 0 Å². The van der Waals surface area contributed by atoms with E-state index in [2.05, 4.69) is 10.6 Å². The second-order valence-electron chi connectivity index (χ2n) is 5.34. The summed E-state index contributed by atoms with van der Waals surface area (Å²) < 4.78 is 4.93. The Morgan fingerprint density at radius 2 is 1.84 bits per heavy atom. The quantitative estimate of drug-likeness (QED) is 0.797. The van der Waals surface area contributed by atoms with E-state index in [1.165, 1.54) is 7.11 Å². The van der Waals surface area contributed by atoms with Gasteiger partial charge < -0.3 is 15.4 Å². The predicted octanol–water partition coefficient (Wildman–Crippen LogP) is 3.93. The fourth-order valence-electron chi connectivity index (χ4n) is 2.70. The van der Waals surface area contributed by atoms with E-state index in [0.29, 0.717) is 26.9 Å². The molecule has 0 fully saturated rings. The van der Waals surface area contributed by atoms with E-state index < -0.39 is 18.0 Å². The first-order valence-electron chi connectivity index (χ1n) is 7.41. The molecule has 2 amide bonds. The monoisotopic (exact) mass is 376 g/mol. The third-order valence-corrected chi connectivity index (χ3v) is 4.38. The van der Waals surface area contributed by atoms with Crippen molar-refractivity contribution in [3.63, 3.8) is 0 Å². The van der Waals surface area contributed by atoms with E-state index in [-0.39, 0.29) is 5.57 Å². The Hall–Kier alpha value is -2.50. The molecule has 1 unspecified atom stereocenters. The maximum atomic E-state index is 12.5. The molecule has 0 saturated heterocycles. The number of carbonyl (C=O) groups excluding carboxylic acids is 2. The van der Waals surface area contributed by atoms with Gasteiger partial charge in [-0.1, -0.05) is 59.6 Å². The largest absolute Gasteiger partial charge is 0.466 e. The van der Waals surface area contributed by atoms with Gasteiger partial charge in [-0.3, -0.25) is 0 Å². The van der Waals surface area contributed by atoms with Crippen LogP contribution in [0.4, 0.5) is 4.79 Å². The van der Waals surface area contributed by atoms with Crippen molar-refractivity contribution in [1.82, 2.24) is 10.6 Å². The first-order valence-corrected chi connectivity index (χ1v) is 8.17. The summed E-state index contributed by atoms with van der Waals surface area (Å²) >= 11 is 12.2. The molecule has 2 aromatic rings. The summed E-state index contributed by atoms with van der Waals surface area (Å²) in [6, 6.07) is 12.7. The average molecular weight is 377 g/mol. The number of hydrogen-bond donors (Lipinski definition) is 2. The van der Waals surface area contributed by atoms with E-state index >= 15 is 0 Å². The molecule has 0 aromatic heterocycles. The summed E-state index contributed by atoms with van der Waals surface area (Å²) in [5.41, 5.74) is 1.88. The van der Waals surface area contributed by atoms with Crippen molar-refractivity contribution in [3.8, 4) is 0 Å². The lowest BCUT2D eigenvalue weighted by molar-refractivity contribution is -0.136. The second kappa shape index (κ2) is 7.17. The highest BCUT2D eigenvalue weighted by Crippen LogP contribution is 2.35. The van der Waals surface area contributed by atoms with Gasteiger partial charge in [0.25, 0.3) is 0 Å². The SMILES string of the molecule is COC(=O)C1=C(c2ccccc2)NC(=O)NC1c1ccc(Cl)cc1Cl. The Morgan fingerprint density at radius 1 is 1.12 bits per heavy atom. The van der Waals surface area contributed by atoms with E-state index in [1.54, 1.807) is 30.3 Å². The Bertz CT molecular complexity index is 866. The number of hydrogen-bond acceptors (Lipinski definition) is 3. The number of amides is 2. The van der Waals surface area contributed by atoms with E-state index in [1.807, 2.05) is 18.2 Å². The fraction of sp³-hybridized carbons (Fsp3) is 0.111. The molecule has 0 saturated carbocycles. The number of benzene rings is 2. The molecule has 1 atom stereocenters. The van der Waals surface area contributed by atoms with E-state index in [0.717, 1.165) is 0 Å². The van der Waals surface area contributed by atoms with Crippen LogP contribution < -0.4 is 10.6 Å². The highest BCUT2D eigenvalue weighted by molar-refractivity contribution is 6.35. The molecule has 1 aliphatic heterocycles. The number of methoxy groups -OCH3 is 1. The molecule has 5 nitrogen and oxygen atoms in total. The zero-order valence-corrected chi connectivity index (χ0v) is 14.7. The van der Waals surface area contributed by atoms with Crippen molar-refractivity contribution in [3.05, 3.63) is 75.3 Å². The maximum Gasteiger partial charge on any atom is 0.338 e. The Balaban J connectivity index is 2.22. The summed E-state index contributed by atoms with van der Waals surface area (Å²) in [6.07, 6.45) is 0. The minimum atomic E-state index is -0.763. The van der Waals surface area contributed by atoms with Crippen LogP contribution in [0.25, 0.3) is 5.70 Å². The van der Waals surface area contributed by atoms with Gasteiger partial charge in [0, 0.05) is 10.0 Å². The van der Waals surface area contributed by atoms with Gasteiger partial charge in [0.1, 0.15) is 0 Å². The number of nitrogens with one attached hydrogen (secondary N) is 2. The predicted molar refractivity (Wildman–Crippen MR) is 96.2 cm³/mol. The summed E-state index contributed by atoms with van der Waals surface area (Å²) in [7, 11) is 1.29. The maximum absolute atomic E-state index is 12.5. The standard InChI is InChI=1S/C18H14Cl2N2O3/c1-25-17(23)14-15(10-5-3-2-4-6-10)21-18(24)22-16(14)12-8-7-11(19)9-13(12)20/h2-9,16H,1H3,(H2,21,22,24). The van der Waals surface area contributed by atoms with Gasteiger partial charge in [-0.05, 0) is 23.3 Å². The van der Waals surface area contributed by atoms with Crippen molar-refractivity contribution < 1.29 is 14.3 Å². The molecule has 2 aromatic carbocycles. The molecule has 0 radical (unpaired) electrons. The van der Waals surface area contributed by atoms with Gasteiger partial charge >= 0.3 is 12.0 Å². The Morgan fingerprint density at radius 3 is 2.48 bits per heavy atom. The van der Waals surface area contributed by atoms with Crippen molar-refractivity contribution in [2.24, 2.45) is 0 Å². The second-order valence-corrected chi connectivity index (χ2v) is 6.19. The highest BCUT2D eigenvalue weighted by Gasteiger charge is 2.35. The lowest BCUT2D eigenvalue weighted by Crippen LogP contribution is -2.45. The lowest BCUT2D eigenvalue weighted by Gasteiger charge is -2.29. The first kappa shape index (κ1) is 17.3. The van der Waals surface area contributed by atoms with Gasteiger partial charge in [0.05, 0.1) is 24.4 Å². The van der Waals surface area contributed by atoms with E-state index in [4.69, 9.17) is 27.9 Å². The van der Waals surface area contributed by atoms with Crippen LogP contribution in [0.5, 0.6) is 0 Å². The van der Waals surface area contributed by atoms with Crippen LogP contribution >= 0.6 is 23.2 Å². The smallest absolute Gasteiger partial charge is 0.338 e. The average Bonchev–Trinajstić information content (AvgIpc) is 2.61. The van der Waals surface area contributed by atoms with Gasteiger partial charge in [-0.25, -0.2) is 9.59 Å². The number of ether oxygens (including phenoxy) is 1. The topological polar surface area (TPSA) is 67.4 Å². The fourth-order valence-corrected chi connectivity index (χ4v) is 3.21. The highest BCUT2D eigenvalue weighted by atomic mass is 35.5. The number of urea groups is 1. The molecule has 3 rings (SSSR count). The number of rotatable bonds is 3. The van der Waals surface area contributed by atoms with Crippen molar-refractivity contribution in [1.29, 1.82) is 0 Å². The third-order valence-electron chi connectivity index (χ3n) is 3.81. The summed E-state index contributed by atoms with van der Waals surface area (Å²) in [6.45, 7) is 0. The van der Waals surface area contributed by atoms with Crippen LogP contribution in [0.3, 0.4) is 0 Å². The first-order chi connectivity index (χ1) is 12.0. The minimum Gasteiger partial charge on any atom is -0.466 e. The number of esters is 1. The van der Waals surface area contributed by atoms with Crippen LogP contribution in [0.2, 0.25) is 10.0 Å². The number of halogens is 2. The molecule has 0 bridgehead atoms. The normalized spacial score (nSPS) is 16.9. The lowest BCUT2D eigenvalue weighted by atomic mass is 9.92. The molecule has 1 heterocycles. The molecular formula is C18H14Cl2N2O3. The van der Waals surface area contributed by atoms with Gasteiger partial charge in [-0.2, -0.15) is 0 Å². The summed E-state index contributed by atoms with van der Waals surface area (Å²) in [5, 5.41) is 6.21. The van der Waals surface area contributed by atoms with Crippen molar-refractivity contribution in [2.45, 2.75) is 6.04 Å². The molecule has 7 heteroatoms. The summed E-state index contributed by atoms with van der Waals surface area (Å²) in [4.78, 5) is 24.7. The van der Waals surface area contributed by atoms with Crippen molar-refractivity contribution in [2.75, 3.05) is 7.11 Å². The molecule has 128 valence electrons. The van der Waals surface area contributed by atoms with Gasteiger partial charge in [0.15, 0.2) is 0 Å². The van der Waals surface area contributed by atoms with E-state index in [9.17, 15) is 9.59 Å². The third kappa shape index (κ3) is 3.48. The zero-order chi connectivity index (χ0) is 18.0. The minimum absolute atomic E-state index is 0.262. The molecule has 2 N–H and O–H groups in total.